The van der Waals surface area contributed by atoms with Crippen LogP contribution in [0.15, 0.2) is 46.5 Å². The van der Waals surface area contributed by atoms with Crippen LogP contribution in [0, 0.1) is 29.6 Å². The molecule has 1 saturated heterocycles. The number of ether oxygens (including phenoxy) is 2. The van der Waals surface area contributed by atoms with Crippen LogP contribution in [0.2, 0.25) is 0 Å². The van der Waals surface area contributed by atoms with Gasteiger partial charge in [0.2, 0.25) is 11.6 Å². The maximum absolute atomic E-state index is 12.7. The minimum Gasteiger partial charge on any atom is -0.504 e. The first-order chi connectivity index (χ1) is 15.9. The highest BCUT2D eigenvalue weighted by molar-refractivity contribution is 6.06. The third-order valence-corrected chi connectivity index (χ3v) is 8.29. The number of carbonyl (C=O) groups excluding carboxylic acids is 1. The Labute approximate surface area is 203 Å². The normalized spacial score (nSPS) is 45.2. The average Bonchev–Trinajstić information content (AvgIpc) is 3.09. The van der Waals surface area contributed by atoms with E-state index in [-0.39, 0.29) is 29.6 Å². The van der Waals surface area contributed by atoms with E-state index >= 15 is 0 Å². The Balaban J connectivity index is 1.80. The molecule has 3 aliphatic heterocycles. The monoisotopic (exact) mass is 472 g/mol. The van der Waals surface area contributed by atoms with Gasteiger partial charge in [-0.1, -0.05) is 46.3 Å². The maximum Gasteiger partial charge on any atom is 0.231 e. The second-order valence-electron chi connectivity index (χ2n) is 11.4. The lowest BCUT2D eigenvalue weighted by molar-refractivity contribution is -0.164. The molecule has 0 radical (unpaired) electrons. The average molecular weight is 473 g/mol. The molecule has 9 atom stereocenters. The minimum absolute atomic E-state index is 0.0785. The lowest BCUT2D eigenvalue weighted by atomic mass is 9.75. The highest BCUT2D eigenvalue weighted by atomic mass is 16.6. The van der Waals surface area contributed by atoms with E-state index in [0.29, 0.717) is 23.0 Å². The molecule has 0 spiro atoms. The molecule has 1 aliphatic carbocycles. The van der Waals surface area contributed by atoms with Gasteiger partial charge in [-0.2, -0.15) is 0 Å². The molecule has 6 nitrogen and oxygen atoms in total. The molecule has 0 amide bonds. The molecule has 0 aromatic rings. The van der Waals surface area contributed by atoms with Crippen molar-refractivity contribution in [2.45, 2.75) is 91.3 Å². The van der Waals surface area contributed by atoms with Crippen molar-refractivity contribution in [3.8, 4) is 0 Å². The highest BCUT2D eigenvalue weighted by Crippen LogP contribution is 2.47. The Morgan fingerprint density at radius 2 is 1.79 bits per heavy atom. The summed E-state index contributed by atoms with van der Waals surface area (Å²) in [5.41, 5.74) is 2.14. The summed E-state index contributed by atoms with van der Waals surface area (Å²) in [4.78, 5) is 12.7. The van der Waals surface area contributed by atoms with E-state index in [1.165, 1.54) is 11.6 Å². The molecule has 0 aromatic carbocycles. The molecule has 4 bridgehead atoms. The summed E-state index contributed by atoms with van der Waals surface area (Å²) in [5.74, 6) is -2.24. The molecule has 0 unspecified atom stereocenters. The maximum atomic E-state index is 12.7. The number of hydrogen-bond donors (Lipinski definition) is 3. The van der Waals surface area contributed by atoms with Crippen molar-refractivity contribution in [1.82, 2.24) is 0 Å². The van der Waals surface area contributed by atoms with Crippen LogP contribution in [0.3, 0.4) is 0 Å². The smallest absolute Gasteiger partial charge is 0.231 e. The summed E-state index contributed by atoms with van der Waals surface area (Å²) in [5, 5.41) is 33.4. The molecule has 34 heavy (non-hydrogen) atoms. The van der Waals surface area contributed by atoms with Crippen LogP contribution in [0.4, 0.5) is 0 Å². The third kappa shape index (κ3) is 4.52. The highest BCUT2D eigenvalue weighted by Gasteiger charge is 2.50. The third-order valence-electron chi connectivity index (χ3n) is 8.29. The van der Waals surface area contributed by atoms with Gasteiger partial charge < -0.3 is 24.8 Å². The van der Waals surface area contributed by atoms with Gasteiger partial charge in [-0.15, -0.1) is 0 Å². The Hall–Kier alpha value is -1.89. The first-order valence-corrected chi connectivity index (χ1v) is 12.8. The van der Waals surface area contributed by atoms with E-state index in [0.717, 1.165) is 25.7 Å². The van der Waals surface area contributed by atoms with Crippen molar-refractivity contribution in [2.24, 2.45) is 29.6 Å². The molecule has 4 rings (SSSR count). The number of hydrogen-bond acceptors (Lipinski definition) is 6. The molecule has 4 aliphatic rings. The van der Waals surface area contributed by atoms with Crippen LogP contribution >= 0.6 is 0 Å². The number of aliphatic hydroxyl groups excluding tert-OH is 2. The molecule has 1 fully saturated rings. The number of allylic oxidation sites excluding steroid dienone is 4. The Kier molecular flexibility index (Phi) is 6.89. The van der Waals surface area contributed by atoms with Gasteiger partial charge in [0.15, 0.2) is 5.76 Å². The van der Waals surface area contributed by atoms with Crippen molar-refractivity contribution >= 4 is 5.78 Å². The fourth-order valence-electron chi connectivity index (χ4n) is 6.28. The second-order valence-corrected chi connectivity index (χ2v) is 11.4. The first kappa shape index (κ1) is 25.2. The fourth-order valence-corrected chi connectivity index (χ4v) is 6.28. The van der Waals surface area contributed by atoms with Crippen molar-refractivity contribution < 1.29 is 29.6 Å². The van der Waals surface area contributed by atoms with Gasteiger partial charge in [-0.3, -0.25) is 4.79 Å². The van der Waals surface area contributed by atoms with Crippen LogP contribution < -0.4 is 0 Å². The van der Waals surface area contributed by atoms with E-state index in [2.05, 4.69) is 26.8 Å². The number of ketones is 1. The van der Waals surface area contributed by atoms with Gasteiger partial charge in [-0.05, 0) is 50.5 Å². The number of aliphatic hydroxyl groups is 3. The summed E-state index contributed by atoms with van der Waals surface area (Å²) in [6.45, 7) is 12.4. The van der Waals surface area contributed by atoms with E-state index < -0.39 is 29.5 Å². The summed E-state index contributed by atoms with van der Waals surface area (Å²) in [7, 11) is 0. The van der Waals surface area contributed by atoms with Crippen molar-refractivity contribution in [3.05, 3.63) is 46.5 Å². The van der Waals surface area contributed by atoms with E-state index in [4.69, 9.17) is 9.47 Å². The summed E-state index contributed by atoms with van der Waals surface area (Å²) >= 11 is 0. The van der Waals surface area contributed by atoms with Crippen LogP contribution in [-0.2, 0) is 14.3 Å². The van der Waals surface area contributed by atoms with Gasteiger partial charge in [0.25, 0.3) is 0 Å². The number of carbonyl (C=O) groups is 1. The largest absolute Gasteiger partial charge is 0.504 e. The van der Waals surface area contributed by atoms with Crippen molar-refractivity contribution in [3.63, 3.8) is 0 Å². The first-order valence-electron chi connectivity index (χ1n) is 12.8. The SMILES string of the molecule is C/C1=C\[C@@H](C)CC[C@H]2O[C@@H](C3=C(O)C(=O)C=C4O[C@](O)(C=C43)[C@@H](C)C[C@H](C)C1)[C@H](C)[C@@H](O)[C@H]2C. The standard InChI is InChI=1S/C28H40O6/c1-14-7-8-22-18(5)25(30)19(6)27(33-22)24-20-13-28(32,34-23(20)12-21(29)26(24)31)17(4)11-16(3)10-15(2)9-14/h9,12-14,16-19,22,25,27,30-32H,7-8,10-11H2,1-6H3/b15-9+/t14-,16+,17-,18-,19+,22+,25-,27+,28+/m0/s1. The molecule has 0 aromatic heterocycles. The van der Waals surface area contributed by atoms with Gasteiger partial charge in [0.05, 0.1) is 18.3 Å². The zero-order chi connectivity index (χ0) is 24.9. The van der Waals surface area contributed by atoms with Crippen LogP contribution in [0.5, 0.6) is 0 Å². The summed E-state index contributed by atoms with van der Waals surface area (Å²) < 4.78 is 12.5. The van der Waals surface area contributed by atoms with Crippen molar-refractivity contribution in [1.29, 1.82) is 0 Å². The minimum atomic E-state index is -1.59. The van der Waals surface area contributed by atoms with Crippen LogP contribution in [-0.4, -0.2) is 45.2 Å². The summed E-state index contributed by atoms with van der Waals surface area (Å²) in [6, 6.07) is 0. The van der Waals surface area contributed by atoms with Gasteiger partial charge in [0.1, 0.15) is 5.76 Å². The number of rotatable bonds is 0. The summed E-state index contributed by atoms with van der Waals surface area (Å²) in [6.07, 6.45) is 6.99. The second kappa shape index (κ2) is 9.29. The Morgan fingerprint density at radius 1 is 1.09 bits per heavy atom. The fraction of sp³-hybridized carbons (Fsp3) is 0.679. The zero-order valence-corrected chi connectivity index (χ0v) is 21.2. The Morgan fingerprint density at radius 3 is 2.50 bits per heavy atom. The quantitative estimate of drug-likeness (QED) is 0.441. The molecule has 3 N–H and O–H groups in total. The lowest BCUT2D eigenvalue weighted by Crippen LogP contribution is -2.50. The van der Waals surface area contributed by atoms with Gasteiger partial charge in [-0.25, -0.2) is 0 Å². The van der Waals surface area contributed by atoms with Crippen molar-refractivity contribution in [2.75, 3.05) is 0 Å². The molecular formula is C28H40O6. The van der Waals surface area contributed by atoms with E-state index in [1.54, 1.807) is 6.08 Å². The van der Waals surface area contributed by atoms with Gasteiger partial charge in [0, 0.05) is 35.0 Å². The molecule has 0 saturated carbocycles. The van der Waals surface area contributed by atoms with E-state index in [9.17, 15) is 20.1 Å². The lowest BCUT2D eigenvalue weighted by Gasteiger charge is -2.44. The van der Waals surface area contributed by atoms with Gasteiger partial charge >= 0.3 is 0 Å². The molecule has 188 valence electrons. The predicted octanol–water partition coefficient (Wildman–Crippen LogP) is 4.74. The molecule has 6 heteroatoms. The predicted molar refractivity (Wildman–Crippen MR) is 130 cm³/mol. The van der Waals surface area contributed by atoms with Crippen LogP contribution in [0.25, 0.3) is 0 Å². The zero-order valence-electron chi connectivity index (χ0n) is 21.2. The number of fused-ring (bicyclic) bond motifs is 4. The topological polar surface area (TPSA) is 96.2 Å². The van der Waals surface area contributed by atoms with Crippen LogP contribution in [0.1, 0.15) is 67.2 Å². The Bertz CT molecular complexity index is 958. The molecular weight excluding hydrogens is 432 g/mol. The van der Waals surface area contributed by atoms with E-state index in [1.807, 2.05) is 20.8 Å². The molecule has 3 heterocycles.